The second-order valence-corrected chi connectivity index (χ2v) is 7.47. The van der Waals surface area contributed by atoms with E-state index in [2.05, 4.69) is 0 Å². The summed E-state index contributed by atoms with van der Waals surface area (Å²) in [6.45, 7) is 10.2. The van der Waals surface area contributed by atoms with Crippen molar-refractivity contribution in [1.29, 1.82) is 0 Å². The van der Waals surface area contributed by atoms with E-state index in [4.69, 9.17) is 14.2 Å². The lowest BCUT2D eigenvalue weighted by Gasteiger charge is -2.37. The minimum Gasteiger partial charge on any atom is -0.462 e. The Morgan fingerprint density at radius 2 is 1.56 bits per heavy atom. The van der Waals surface area contributed by atoms with Crippen molar-refractivity contribution in [2.75, 3.05) is 32.1 Å². The van der Waals surface area contributed by atoms with Crippen molar-refractivity contribution < 1.29 is 28.6 Å². The highest BCUT2D eigenvalue weighted by Gasteiger charge is 2.48. The maximum absolute atomic E-state index is 12.3. The van der Waals surface area contributed by atoms with Gasteiger partial charge in [-0.15, -0.1) is 11.8 Å². The third kappa shape index (κ3) is 5.39. The molecule has 142 valence electrons. The molecular formula is C16H25NO6S2. The van der Waals surface area contributed by atoms with Gasteiger partial charge in [-0.25, -0.2) is 9.59 Å². The van der Waals surface area contributed by atoms with Gasteiger partial charge >= 0.3 is 17.9 Å². The number of hydrogen-bond donors (Lipinski definition) is 0. The Hall–Kier alpha value is -1.19. The Morgan fingerprint density at radius 1 is 1.04 bits per heavy atom. The van der Waals surface area contributed by atoms with Crippen LogP contribution >= 0.6 is 23.5 Å². The van der Waals surface area contributed by atoms with Gasteiger partial charge in [-0.2, -0.15) is 0 Å². The molecule has 0 amide bonds. The number of thioether (sulfide) groups is 2. The third-order valence-electron chi connectivity index (χ3n) is 3.35. The van der Waals surface area contributed by atoms with Crippen LogP contribution in [-0.4, -0.2) is 59.9 Å². The van der Waals surface area contributed by atoms with Gasteiger partial charge in [-0.05, 0) is 26.9 Å². The summed E-state index contributed by atoms with van der Waals surface area (Å²) in [6, 6.07) is 0. The molecule has 0 aliphatic carbocycles. The second-order valence-electron chi connectivity index (χ2n) is 4.97. The largest absolute Gasteiger partial charge is 0.462 e. The molecule has 1 aliphatic heterocycles. The van der Waals surface area contributed by atoms with Crippen LogP contribution in [0.3, 0.4) is 0 Å². The number of ether oxygens (including phenoxy) is 3. The number of hydrogen-bond acceptors (Lipinski definition) is 9. The van der Waals surface area contributed by atoms with E-state index in [9.17, 15) is 14.4 Å². The van der Waals surface area contributed by atoms with E-state index >= 15 is 0 Å². The van der Waals surface area contributed by atoms with E-state index in [1.165, 1.54) is 30.4 Å². The molecule has 0 bridgehead atoms. The fourth-order valence-corrected chi connectivity index (χ4v) is 5.53. The molecule has 0 aromatic heterocycles. The molecule has 0 aromatic rings. The molecule has 0 aromatic carbocycles. The summed E-state index contributed by atoms with van der Waals surface area (Å²) < 4.78 is 16.0. The Balaban J connectivity index is 3.28. The number of nitrogens with zero attached hydrogens (tertiary/aromatic N) is 1. The summed E-state index contributed by atoms with van der Waals surface area (Å²) in [7, 11) is 0. The first-order valence-corrected chi connectivity index (χ1v) is 10.00. The Kier molecular flexibility index (Phi) is 8.81. The third-order valence-corrected chi connectivity index (χ3v) is 6.33. The van der Waals surface area contributed by atoms with Crippen LogP contribution in [0, 0.1) is 0 Å². The van der Waals surface area contributed by atoms with Gasteiger partial charge in [0.25, 0.3) is 0 Å². The maximum Gasteiger partial charge on any atom is 0.347 e. The van der Waals surface area contributed by atoms with Crippen LogP contribution in [0.15, 0.2) is 9.81 Å². The summed E-state index contributed by atoms with van der Waals surface area (Å²) in [5.41, 5.74) is -0.139. The molecule has 9 heteroatoms. The molecule has 0 radical (unpaired) electrons. The molecule has 1 rings (SSSR count). The van der Waals surface area contributed by atoms with Crippen molar-refractivity contribution in [2.45, 2.75) is 39.7 Å². The van der Waals surface area contributed by atoms with Crippen LogP contribution in [0.1, 0.15) is 34.6 Å². The Bertz CT molecular complexity index is 527. The molecule has 0 N–H and O–H groups in total. The van der Waals surface area contributed by atoms with E-state index in [0.717, 1.165) is 0 Å². The molecule has 0 saturated carbocycles. The lowest BCUT2D eigenvalue weighted by Crippen LogP contribution is -2.49. The monoisotopic (exact) mass is 391 g/mol. The van der Waals surface area contributed by atoms with Crippen LogP contribution in [0.5, 0.6) is 0 Å². The minimum absolute atomic E-state index is 0.139. The van der Waals surface area contributed by atoms with Gasteiger partial charge in [0.1, 0.15) is 0 Å². The van der Waals surface area contributed by atoms with Gasteiger partial charge in [0.15, 0.2) is 5.57 Å². The van der Waals surface area contributed by atoms with E-state index in [1.807, 2.05) is 18.7 Å². The van der Waals surface area contributed by atoms with E-state index < -0.39 is 23.0 Å². The summed E-state index contributed by atoms with van der Waals surface area (Å²) >= 11 is 2.47. The van der Waals surface area contributed by atoms with E-state index in [-0.39, 0.29) is 18.8 Å². The minimum atomic E-state index is -0.959. The number of rotatable bonds is 8. The Morgan fingerprint density at radius 3 is 1.96 bits per heavy atom. The zero-order valence-electron chi connectivity index (χ0n) is 15.2. The van der Waals surface area contributed by atoms with Crippen LogP contribution in [0.25, 0.3) is 0 Å². The summed E-state index contributed by atoms with van der Waals surface area (Å²) in [5.74, 6) is -1.48. The van der Waals surface area contributed by atoms with Gasteiger partial charge in [0.05, 0.1) is 23.2 Å². The molecule has 1 saturated heterocycles. The van der Waals surface area contributed by atoms with Crippen molar-refractivity contribution in [1.82, 2.24) is 4.90 Å². The highest BCUT2D eigenvalue weighted by molar-refractivity contribution is 8.26. The molecule has 1 unspecified atom stereocenters. The maximum atomic E-state index is 12.3. The highest BCUT2D eigenvalue weighted by Crippen LogP contribution is 2.53. The first kappa shape index (κ1) is 21.9. The van der Waals surface area contributed by atoms with E-state index in [1.54, 1.807) is 13.8 Å². The zero-order chi connectivity index (χ0) is 19.0. The quantitative estimate of drug-likeness (QED) is 0.155. The average molecular weight is 392 g/mol. The Labute approximate surface area is 156 Å². The average Bonchev–Trinajstić information content (AvgIpc) is 2.92. The molecule has 0 spiro atoms. The summed E-state index contributed by atoms with van der Waals surface area (Å²) in [5, 5.41) is -0.959. The SMILES string of the molecule is CCOC(=O)C(C(=O)OCC)=C1SCC(OC(C)=O)(N(CC)CC)S1. The number of esters is 3. The summed E-state index contributed by atoms with van der Waals surface area (Å²) in [4.78, 5) is 38.1. The predicted molar refractivity (Wildman–Crippen MR) is 97.8 cm³/mol. The first-order valence-electron chi connectivity index (χ1n) is 8.20. The van der Waals surface area contributed by atoms with Crippen molar-refractivity contribution in [3.05, 3.63) is 9.81 Å². The predicted octanol–water partition coefficient (Wildman–Crippen LogP) is 2.36. The van der Waals surface area contributed by atoms with Gasteiger partial charge in [-0.3, -0.25) is 9.69 Å². The zero-order valence-corrected chi connectivity index (χ0v) is 16.9. The lowest BCUT2D eigenvalue weighted by molar-refractivity contribution is -0.158. The standard InChI is InChI=1S/C16H25NO6S2/c1-6-17(7-2)16(23-11(5)18)10-24-15(25-16)12(13(19)21-8-3)14(20)22-9-4/h6-10H2,1-5H3. The second kappa shape index (κ2) is 10.1. The van der Waals surface area contributed by atoms with Crippen LogP contribution < -0.4 is 0 Å². The van der Waals surface area contributed by atoms with Crippen molar-refractivity contribution in [3.8, 4) is 0 Å². The van der Waals surface area contributed by atoms with Gasteiger partial charge in [0.2, 0.25) is 5.06 Å². The molecule has 1 aliphatic rings. The normalized spacial score (nSPS) is 19.7. The van der Waals surface area contributed by atoms with Crippen molar-refractivity contribution in [3.63, 3.8) is 0 Å². The lowest BCUT2D eigenvalue weighted by atomic mass is 10.3. The van der Waals surface area contributed by atoms with Crippen LogP contribution in [0.2, 0.25) is 0 Å². The molecular weight excluding hydrogens is 366 g/mol. The smallest absolute Gasteiger partial charge is 0.347 e. The van der Waals surface area contributed by atoms with Gasteiger partial charge < -0.3 is 14.2 Å². The number of carbonyl (C=O) groups is 3. The fraction of sp³-hybridized carbons (Fsp3) is 0.688. The molecule has 1 fully saturated rings. The first-order chi connectivity index (χ1) is 11.8. The molecule has 7 nitrogen and oxygen atoms in total. The fourth-order valence-electron chi connectivity index (χ4n) is 2.34. The molecule has 1 atom stereocenters. The van der Waals surface area contributed by atoms with Crippen molar-refractivity contribution in [2.24, 2.45) is 0 Å². The van der Waals surface area contributed by atoms with E-state index in [0.29, 0.717) is 23.1 Å². The van der Waals surface area contributed by atoms with Crippen molar-refractivity contribution >= 4 is 41.4 Å². The topological polar surface area (TPSA) is 82.1 Å². The highest BCUT2D eigenvalue weighted by atomic mass is 32.2. The molecule has 1 heterocycles. The van der Waals surface area contributed by atoms with Crippen LogP contribution in [0.4, 0.5) is 0 Å². The van der Waals surface area contributed by atoms with Gasteiger partial charge in [-0.1, -0.05) is 25.6 Å². The molecule has 25 heavy (non-hydrogen) atoms. The van der Waals surface area contributed by atoms with Gasteiger partial charge in [0, 0.05) is 6.92 Å². The number of carbonyl (C=O) groups excluding carboxylic acids is 3. The summed E-state index contributed by atoms with van der Waals surface area (Å²) in [6.07, 6.45) is 0. The van der Waals surface area contributed by atoms with Crippen LogP contribution in [-0.2, 0) is 28.6 Å².